The number of halogens is 2. The standard InChI is InChI=1S/C5H4F2O4/c6-4(7)2(5(10)11)1-3(8)9/h1H2,(H,8,9)(H,10,11)/p-2. The molecule has 0 aromatic heterocycles. The zero-order valence-corrected chi connectivity index (χ0v) is 5.10. The Hall–Kier alpha value is -1.46. The molecule has 0 aliphatic heterocycles. The lowest BCUT2D eigenvalue weighted by Crippen LogP contribution is -2.30. The van der Waals surface area contributed by atoms with Crippen LogP contribution in [-0.2, 0) is 9.59 Å². The molecule has 4 nitrogen and oxygen atoms in total. The van der Waals surface area contributed by atoms with Crippen molar-refractivity contribution in [2.24, 2.45) is 0 Å². The van der Waals surface area contributed by atoms with Crippen molar-refractivity contribution >= 4 is 11.9 Å². The van der Waals surface area contributed by atoms with Crippen molar-refractivity contribution in [3.05, 3.63) is 11.7 Å². The minimum atomic E-state index is -2.57. The molecule has 0 aliphatic carbocycles. The SMILES string of the molecule is O=C([O-])CC(C(=O)[O-])=C(F)F. The molecule has 6 heteroatoms. The van der Waals surface area contributed by atoms with E-state index in [2.05, 4.69) is 0 Å². The van der Waals surface area contributed by atoms with Crippen molar-refractivity contribution in [1.82, 2.24) is 0 Å². The Kier molecular flexibility index (Phi) is 3.16. The fraction of sp³-hybridized carbons (Fsp3) is 0.200. The van der Waals surface area contributed by atoms with Crippen LogP contribution < -0.4 is 10.2 Å². The highest BCUT2D eigenvalue weighted by Crippen LogP contribution is 2.09. The van der Waals surface area contributed by atoms with Gasteiger partial charge in [0.05, 0.1) is 5.97 Å². The molecule has 0 aromatic carbocycles. The van der Waals surface area contributed by atoms with Crippen molar-refractivity contribution in [2.45, 2.75) is 6.42 Å². The molecular formula is C5H2F2O4-2. The van der Waals surface area contributed by atoms with Gasteiger partial charge in [0.25, 0.3) is 6.08 Å². The molecule has 0 unspecified atom stereocenters. The van der Waals surface area contributed by atoms with Gasteiger partial charge in [-0.05, 0) is 0 Å². The number of carbonyl (C=O) groups excluding carboxylic acids is 2. The molecule has 0 aliphatic rings. The number of carboxylic acid groups (broad SMARTS) is 2. The maximum Gasteiger partial charge on any atom is 0.275 e. The van der Waals surface area contributed by atoms with Gasteiger partial charge < -0.3 is 19.8 Å². The molecule has 0 radical (unpaired) electrons. The van der Waals surface area contributed by atoms with E-state index in [0.717, 1.165) is 0 Å². The average molecular weight is 164 g/mol. The zero-order valence-electron chi connectivity index (χ0n) is 5.10. The predicted octanol–water partition coefficient (Wildman–Crippen LogP) is -1.97. The van der Waals surface area contributed by atoms with Crippen LogP contribution in [0.15, 0.2) is 11.7 Å². The summed E-state index contributed by atoms with van der Waals surface area (Å²) in [4.78, 5) is 19.4. The minimum absolute atomic E-state index is 1.34. The molecule has 0 heterocycles. The molecule has 0 rings (SSSR count). The number of rotatable bonds is 3. The van der Waals surface area contributed by atoms with Gasteiger partial charge in [-0.1, -0.05) is 0 Å². The Morgan fingerprint density at radius 2 is 1.64 bits per heavy atom. The molecule has 0 spiro atoms. The summed E-state index contributed by atoms with van der Waals surface area (Å²) in [6, 6.07) is 0. The van der Waals surface area contributed by atoms with E-state index in [1.807, 2.05) is 0 Å². The van der Waals surface area contributed by atoms with E-state index in [-0.39, 0.29) is 0 Å². The van der Waals surface area contributed by atoms with E-state index in [1.54, 1.807) is 0 Å². The lowest BCUT2D eigenvalue weighted by molar-refractivity contribution is -0.310. The average Bonchev–Trinajstić information content (AvgIpc) is 1.81. The Morgan fingerprint density at radius 3 is 1.73 bits per heavy atom. The van der Waals surface area contributed by atoms with E-state index in [4.69, 9.17) is 0 Å². The molecular weight excluding hydrogens is 162 g/mol. The lowest BCUT2D eigenvalue weighted by Gasteiger charge is -2.06. The third-order valence-corrected chi connectivity index (χ3v) is 0.796. The van der Waals surface area contributed by atoms with Crippen molar-refractivity contribution in [3.8, 4) is 0 Å². The summed E-state index contributed by atoms with van der Waals surface area (Å²) in [5.74, 6) is -4.09. The van der Waals surface area contributed by atoms with Crippen LogP contribution in [-0.4, -0.2) is 11.9 Å². The summed E-state index contributed by atoms with van der Waals surface area (Å²) in [6.45, 7) is 0. The normalized spacial score (nSPS) is 8.91. The van der Waals surface area contributed by atoms with Crippen molar-refractivity contribution in [1.29, 1.82) is 0 Å². The molecule has 0 aromatic rings. The fourth-order valence-corrected chi connectivity index (χ4v) is 0.360. The summed E-state index contributed by atoms with van der Waals surface area (Å²) in [5.41, 5.74) is -1.55. The summed E-state index contributed by atoms with van der Waals surface area (Å²) in [7, 11) is 0. The van der Waals surface area contributed by atoms with Crippen LogP contribution in [0.3, 0.4) is 0 Å². The van der Waals surface area contributed by atoms with Gasteiger partial charge in [-0.2, -0.15) is 8.78 Å². The van der Waals surface area contributed by atoms with Crippen LogP contribution in [0.25, 0.3) is 0 Å². The van der Waals surface area contributed by atoms with E-state index in [1.165, 1.54) is 0 Å². The Morgan fingerprint density at radius 1 is 1.18 bits per heavy atom. The molecule has 0 saturated heterocycles. The van der Waals surface area contributed by atoms with Gasteiger partial charge in [0.2, 0.25) is 0 Å². The van der Waals surface area contributed by atoms with E-state index < -0.39 is 30.0 Å². The molecule has 0 bridgehead atoms. The largest absolute Gasteiger partial charge is 0.550 e. The third kappa shape index (κ3) is 3.29. The Bertz CT molecular complexity index is 217. The van der Waals surface area contributed by atoms with Crippen LogP contribution >= 0.6 is 0 Å². The first-order valence-electron chi connectivity index (χ1n) is 2.40. The highest BCUT2D eigenvalue weighted by atomic mass is 19.3. The minimum Gasteiger partial charge on any atom is -0.550 e. The van der Waals surface area contributed by atoms with Gasteiger partial charge in [0.1, 0.15) is 0 Å². The topological polar surface area (TPSA) is 80.3 Å². The zero-order chi connectivity index (χ0) is 9.02. The van der Waals surface area contributed by atoms with Gasteiger partial charge in [-0.15, -0.1) is 0 Å². The van der Waals surface area contributed by atoms with Crippen molar-refractivity contribution in [3.63, 3.8) is 0 Å². The molecule has 62 valence electrons. The first-order valence-corrected chi connectivity index (χ1v) is 2.40. The van der Waals surface area contributed by atoms with Gasteiger partial charge in [-0.3, -0.25) is 0 Å². The van der Waals surface area contributed by atoms with Crippen molar-refractivity contribution < 1.29 is 28.6 Å². The number of carboxylic acids is 2. The maximum absolute atomic E-state index is 11.5. The second kappa shape index (κ2) is 3.65. The van der Waals surface area contributed by atoms with Crippen molar-refractivity contribution in [2.75, 3.05) is 0 Å². The first kappa shape index (κ1) is 9.54. The van der Waals surface area contributed by atoms with Crippen LogP contribution in [0.5, 0.6) is 0 Å². The number of aliphatic carboxylic acids is 2. The molecule has 0 atom stereocenters. The quantitative estimate of drug-likeness (QED) is 0.453. The summed E-state index contributed by atoms with van der Waals surface area (Å²) in [5, 5.41) is 19.4. The van der Waals surface area contributed by atoms with Crippen LogP contribution in [0.1, 0.15) is 6.42 Å². The fourth-order valence-electron chi connectivity index (χ4n) is 0.360. The smallest absolute Gasteiger partial charge is 0.275 e. The summed E-state index contributed by atoms with van der Waals surface area (Å²) in [6.07, 6.45) is -3.92. The monoisotopic (exact) mass is 164 g/mol. The van der Waals surface area contributed by atoms with Crippen LogP contribution in [0.2, 0.25) is 0 Å². The Labute approximate surface area is 59.8 Å². The molecule has 0 amide bonds. The summed E-state index contributed by atoms with van der Waals surface area (Å²) < 4.78 is 23.0. The van der Waals surface area contributed by atoms with Gasteiger partial charge >= 0.3 is 0 Å². The number of hydrogen-bond donors (Lipinski definition) is 0. The Balaban J connectivity index is 4.52. The second-order valence-electron chi connectivity index (χ2n) is 1.58. The predicted molar refractivity (Wildman–Crippen MR) is 23.9 cm³/mol. The maximum atomic E-state index is 11.5. The molecule has 0 saturated carbocycles. The highest BCUT2D eigenvalue weighted by Gasteiger charge is 2.06. The van der Waals surface area contributed by atoms with E-state index in [0.29, 0.717) is 0 Å². The third-order valence-electron chi connectivity index (χ3n) is 0.796. The molecule has 0 fully saturated rings. The molecule has 11 heavy (non-hydrogen) atoms. The summed E-state index contributed by atoms with van der Waals surface area (Å²) >= 11 is 0. The van der Waals surface area contributed by atoms with Gasteiger partial charge in [0, 0.05) is 18.0 Å². The molecule has 0 N–H and O–H groups in total. The van der Waals surface area contributed by atoms with Crippen LogP contribution in [0.4, 0.5) is 8.78 Å². The number of carbonyl (C=O) groups is 2. The van der Waals surface area contributed by atoms with E-state index >= 15 is 0 Å². The van der Waals surface area contributed by atoms with Gasteiger partial charge in [0.15, 0.2) is 0 Å². The van der Waals surface area contributed by atoms with E-state index in [9.17, 15) is 28.6 Å². The highest BCUT2D eigenvalue weighted by molar-refractivity contribution is 5.90. The van der Waals surface area contributed by atoms with Crippen LogP contribution in [0, 0.1) is 0 Å². The lowest BCUT2D eigenvalue weighted by atomic mass is 10.2. The van der Waals surface area contributed by atoms with Gasteiger partial charge in [-0.25, -0.2) is 0 Å². The number of hydrogen-bond acceptors (Lipinski definition) is 4. The second-order valence-corrected chi connectivity index (χ2v) is 1.58. The first-order chi connectivity index (χ1) is 4.95.